The molecule has 0 saturated heterocycles. The van der Waals surface area contributed by atoms with Gasteiger partial charge in [-0.2, -0.15) is 0 Å². The highest BCUT2D eigenvalue weighted by Gasteiger charge is 2.16. The number of fused-ring (bicyclic) bond motifs is 2. The molecular weight excluding hydrogens is 265 g/mol. The van der Waals surface area contributed by atoms with Gasteiger partial charge in [-0.3, -0.25) is 0 Å². The second-order valence-corrected chi connectivity index (χ2v) is 5.16. The van der Waals surface area contributed by atoms with Gasteiger partial charge in [0.2, 0.25) is 0 Å². The molecule has 0 unspecified atom stereocenters. The van der Waals surface area contributed by atoms with Gasteiger partial charge in [0.05, 0.1) is 0 Å². The smallest absolute Gasteiger partial charge is 0.135 e. The molecule has 1 aliphatic heterocycles. The lowest BCUT2D eigenvalue weighted by Gasteiger charge is -2.11. The van der Waals surface area contributed by atoms with Crippen LogP contribution in [0.2, 0.25) is 0 Å². The first-order valence-electron chi connectivity index (χ1n) is 7.20. The Balaban J connectivity index is 2.05. The summed E-state index contributed by atoms with van der Waals surface area (Å²) in [6.45, 7) is 0.935. The number of hydrogen-bond acceptors (Lipinski definition) is 2. The number of nitrogens with one attached hydrogen (secondary N) is 1. The van der Waals surface area contributed by atoms with E-state index in [2.05, 4.69) is 11.4 Å². The first-order valence-corrected chi connectivity index (χ1v) is 7.20. The van der Waals surface area contributed by atoms with Crippen molar-refractivity contribution in [3.63, 3.8) is 0 Å². The fourth-order valence-corrected chi connectivity index (χ4v) is 2.58. The number of halogens is 1. The number of para-hydroxylation sites is 1. The van der Waals surface area contributed by atoms with E-state index in [4.69, 9.17) is 4.74 Å². The molecule has 3 rings (SSSR count). The van der Waals surface area contributed by atoms with E-state index in [0.29, 0.717) is 0 Å². The minimum atomic E-state index is -0.233. The van der Waals surface area contributed by atoms with E-state index in [0.717, 1.165) is 47.6 Å². The second kappa shape index (κ2) is 6.10. The number of ether oxygens (including phenoxy) is 1. The molecule has 0 radical (unpaired) electrons. The summed E-state index contributed by atoms with van der Waals surface area (Å²) in [5.41, 5.74) is 3.00. The first kappa shape index (κ1) is 13.8. The molecule has 2 aromatic carbocycles. The molecule has 0 atom stereocenters. The number of allylic oxidation sites excluding steroid dienone is 1. The highest BCUT2D eigenvalue weighted by atomic mass is 19.1. The zero-order valence-corrected chi connectivity index (χ0v) is 12.0. The highest BCUT2D eigenvalue weighted by molar-refractivity contribution is 5.87. The van der Waals surface area contributed by atoms with Crippen LogP contribution in [0.5, 0.6) is 11.5 Å². The summed E-state index contributed by atoms with van der Waals surface area (Å²) in [4.78, 5) is 0. The summed E-state index contributed by atoms with van der Waals surface area (Å²) in [6, 6.07) is 12.6. The zero-order valence-electron chi connectivity index (χ0n) is 12.0. The van der Waals surface area contributed by atoms with E-state index in [9.17, 15) is 4.39 Å². The van der Waals surface area contributed by atoms with Crippen molar-refractivity contribution < 1.29 is 9.13 Å². The highest BCUT2D eigenvalue weighted by Crippen LogP contribution is 2.39. The van der Waals surface area contributed by atoms with Gasteiger partial charge in [-0.25, -0.2) is 4.39 Å². The van der Waals surface area contributed by atoms with Crippen LogP contribution in [0.25, 0.3) is 11.6 Å². The fourth-order valence-electron chi connectivity index (χ4n) is 2.58. The van der Waals surface area contributed by atoms with Crippen molar-refractivity contribution in [1.29, 1.82) is 0 Å². The molecule has 1 aliphatic rings. The number of hydrogen-bond donors (Lipinski definition) is 1. The minimum absolute atomic E-state index is 0.233. The molecule has 0 fully saturated rings. The molecule has 1 heterocycles. The first-order chi connectivity index (χ1) is 10.3. The summed E-state index contributed by atoms with van der Waals surface area (Å²) in [5, 5.41) is 3.14. The van der Waals surface area contributed by atoms with Crippen molar-refractivity contribution in [2.24, 2.45) is 0 Å². The van der Waals surface area contributed by atoms with E-state index in [1.807, 2.05) is 31.3 Å². The topological polar surface area (TPSA) is 21.3 Å². The van der Waals surface area contributed by atoms with E-state index in [1.54, 1.807) is 12.1 Å². The number of benzene rings is 2. The zero-order chi connectivity index (χ0) is 14.7. The summed E-state index contributed by atoms with van der Waals surface area (Å²) >= 11 is 0. The van der Waals surface area contributed by atoms with E-state index in [1.165, 1.54) is 6.07 Å². The van der Waals surface area contributed by atoms with Crippen LogP contribution in [-0.2, 0) is 0 Å². The molecule has 0 bridgehead atoms. The predicted octanol–water partition coefficient (Wildman–Crippen LogP) is 4.47. The molecule has 0 aromatic heterocycles. The van der Waals surface area contributed by atoms with Crippen molar-refractivity contribution >= 4 is 11.6 Å². The van der Waals surface area contributed by atoms with Crippen LogP contribution in [0.1, 0.15) is 24.0 Å². The maximum absolute atomic E-state index is 13.6. The minimum Gasteiger partial charge on any atom is -0.456 e. The maximum Gasteiger partial charge on any atom is 0.135 e. The normalized spacial score (nSPS) is 12.8. The molecule has 0 spiro atoms. The van der Waals surface area contributed by atoms with E-state index >= 15 is 0 Å². The Labute approximate surface area is 124 Å². The molecule has 0 amide bonds. The lowest BCUT2D eigenvalue weighted by molar-refractivity contribution is 0.479. The Hall–Kier alpha value is -2.13. The Morgan fingerprint density at radius 2 is 1.95 bits per heavy atom. The molecule has 0 saturated carbocycles. The Kier molecular flexibility index (Phi) is 4.02. The summed E-state index contributed by atoms with van der Waals surface area (Å²) in [5.74, 6) is 1.30. The SMILES string of the molecule is CNCCCC1=Cc2ccccc2Oc2ccc(F)cc21. The second-order valence-electron chi connectivity index (χ2n) is 5.16. The summed E-state index contributed by atoms with van der Waals surface area (Å²) < 4.78 is 19.6. The summed E-state index contributed by atoms with van der Waals surface area (Å²) in [7, 11) is 1.94. The third-order valence-electron chi connectivity index (χ3n) is 3.63. The van der Waals surface area contributed by atoms with E-state index < -0.39 is 0 Å². The molecule has 2 nitrogen and oxygen atoms in total. The van der Waals surface area contributed by atoms with Crippen LogP contribution in [0.4, 0.5) is 4.39 Å². The van der Waals surface area contributed by atoms with Crippen molar-refractivity contribution in [2.75, 3.05) is 13.6 Å². The van der Waals surface area contributed by atoms with Gasteiger partial charge in [-0.05, 0) is 62.3 Å². The average molecular weight is 283 g/mol. The molecular formula is C18H18FNO. The van der Waals surface area contributed by atoms with Crippen LogP contribution in [-0.4, -0.2) is 13.6 Å². The van der Waals surface area contributed by atoms with E-state index in [-0.39, 0.29) is 5.82 Å². The number of rotatable bonds is 4. The van der Waals surface area contributed by atoms with Gasteiger partial charge in [-0.15, -0.1) is 0 Å². The molecule has 21 heavy (non-hydrogen) atoms. The standard InChI is InChI=1S/C18H18FNO/c1-20-10-4-6-13-11-14-5-2-3-7-17(14)21-18-9-8-15(19)12-16(13)18/h2-3,5,7-9,11-12,20H,4,6,10H2,1H3. The monoisotopic (exact) mass is 283 g/mol. The van der Waals surface area contributed by atoms with Gasteiger partial charge in [-0.1, -0.05) is 18.2 Å². The van der Waals surface area contributed by atoms with Crippen molar-refractivity contribution in [1.82, 2.24) is 5.32 Å². The molecule has 3 heteroatoms. The summed E-state index contributed by atoms with van der Waals surface area (Å²) in [6.07, 6.45) is 3.99. The lowest BCUT2D eigenvalue weighted by Crippen LogP contribution is -2.07. The molecule has 108 valence electrons. The quantitative estimate of drug-likeness (QED) is 0.836. The van der Waals surface area contributed by atoms with Crippen molar-refractivity contribution in [3.05, 3.63) is 59.4 Å². The third kappa shape index (κ3) is 2.98. The predicted molar refractivity (Wildman–Crippen MR) is 83.9 cm³/mol. The van der Waals surface area contributed by atoms with Gasteiger partial charge in [0.1, 0.15) is 17.3 Å². The Morgan fingerprint density at radius 3 is 2.81 bits per heavy atom. The van der Waals surface area contributed by atoms with Crippen LogP contribution < -0.4 is 10.1 Å². The third-order valence-corrected chi connectivity index (χ3v) is 3.63. The fraction of sp³-hybridized carbons (Fsp3) is 0.222. The maximum atomic E-state index is 13.6. The molecule has 2 aromatic rings. The van der Waals surface area contributed by atoms with Crippen molar-refractivity contribution in [3.8, 4) is 11.5 Å². The molecule has 0 aliphatic carbocycles. The lowest BCUT2D eigenvalue weighted by atomic mass is 9.98. The van der Waals surface area contributed by atoms with Gasteiger partial charge < -0.3 is 10.1 Å². The van der Waals surface area contributed by atoms with Gasteiger partial charge in [0.25, 0.3) is 0 Å². The Morgan fingerprint density at radius 1 is 1.10 bits per heavy atom. The average Bonchev–Trinajstić information content (AvgIpc) is 2.64. The van der Waals surface area contributed by atoms with Crippen LogP contribution in [0.3, 0.4) is 0 Å². The van der Waals surface area contributed by atoms with Crippen LogP contribution in [0.15, 0.2) is 42.5 Å². The largest absolute Gasteiger partial charge is 0.456 e. The van der Waals surface area contributed by atoms with Gasteiger partial charge in [0.15, 0.2) is 0 Å². The van der Waals surface area contributed by atoms with Crippen LogP contribution >= 0.6 is 0 Å². The van der Waals surface area contributed by atoms with Crippen molar-refractivity contribution in [2.45, 2.75) is 12.8 Å². The van der Waals surface area contributed by atoms with Gasteiger partial charge in [0, 0.05) is 11.1 Å². The van der Waals surface area contributed by atoms with Crippen LogP contribution in [0, 0.1) is 5.82 Å². The Bertz CT molecular complexity index is 679. The molecule has 1 N–H and O–H groups in total. The van der Waals surface area contributed by atoms with Gasteiger partial charge >= 0.3 is 0 Å².